The number of aliphatic hydroxyl groups is 1. The van der Waals surface area contributed by atoms with Crippen molar-refractivity contribution in [2.75, 3.05) is 26.2 Å². The Morgan fingerprint density at radius 2 is 1.91 bits per heavy atom. The summed E-state index contributed by atoms with van der Waals surface area (Å²) in [4.78, 5) is 16.8. The lowest BCUT2D eigenvalue weighted by Gasteiger charge is -2.39. The van der Waals surface area contributed by atoms with Gasteiger partial charge in [0.25, 0.3) is 0 Å². The maximum absolute atomic E-state index is 12.4. The van der Waals surface area contributed by atoms with Gasteiger partial charge in [0.2, 0.25) is 5.91 Å². The standard InChI is InChI=1S/C19H28N2O2/c1-15-5-2-3-6-16(15)9-10-19(23)21-13-11-20(12-14-21)17-7-4-8-18(17)22/h2-3,5-6,17-18,22H,4,7-14H2,1H3/t17-,18+/m1/s1. The molecule has 0 radical (unpaired) electrons. The van der Waals surface area contributed by atoms with E-state index in [-0.39, 0.29) is 12.0 Å². The van der Waals surface area contributed by atoms with E-state index in [4.69, 9.17) is 0 Å². The van der Waals surface area contributed by atoms with Crippen molar-refractivity contribution >= 4 is 5.91 Å². The van der Waals surface area contributed by atoms with Crippen LogP contribution < -0.4 is 0 Å². The van der Waals surface area contributed by atoms with Gasteiger partial charge in [-0.3, -0.25) is 9.69 Å². The first-order valence-corrected chi connectivity index (χ1v) is 8.89. The van der Waals surface area contributed by atoms with Crippen LogP contribution in [0.1, 0.15) is 36.8 Å². The van der Waals surface area contributed by atoms with Crippen molar-refractivity contribution in [3.05, 3.63) is 35.4 Å². The topological polar surface area (TPSA) is 43.8 Å². The second-order valence-corrected chi connectivity index (χ2v) is 6.91. The maximum atomic E-state index is 12.4. The summed E-state index contributed by atoms with van der Waals surface area (Å²) >= 11 is 0. The minimum Gasteiger partial charge on any atom is -0.391 e. The summed E-state index contributed by atoms with van der Waals surface area (Å²) in [5.74, 6) is 0.264. The summed E-state index contributed by atoms with van der Waals surface area (Å²) in [5, 5.41) is 10.0. The Morgan fingerprint density at radius 3 is 2.57 bits per heavy atom. The highest BCUT2D eigenvalue weighted by atomic mass is 16.3. The number of amides is 1. The molecule has 1 aromatic rings. The first kappa shape index (κ1) is 16.5. The molecule has 1 amide bonds. The molecule has 2 fully saturated rings. The molecule has 0 unspecified atom stereocenters. The predicted molar refractivity (Wildman–Crippen MR) is 91.3 cm³/mol. The monoisotopic (exact) mass is 316 g/mol. The van der Waals surface area contributed by atoms with E-state index >= 15 is 0 Å². The summed E-state index contributed by atoms with van der Waals surface area (Å²) in [5.41, 5.74) is 2.54. The highest BCUT2D eigenvalue weighted by Gasteiger charge is 2.33. The molecule has 1 saturated heterocycles. The lowest BCUT2D eigenvalue weighted by Crippen LogP contribution is -2.53. The van der Waals surface area contributed by atoms with Crippen molar-refractivity contribution in [1.82, 2.24) is 9.80 Å². The van der Waals surface area contributed by atoms with Crippen LogP contribution in [0.2, 0.25) is 0 Å². The van der Waals surface area contributed by atoms with E-state index in [1.54, 1.807) is 0 Å². The van der Waals surface area contributed by atoms with E-state index in [9.17, 15) is 9.90 Å². The second-order valence-electron chi connectivity index (χ2n) is 6.91. The van der Waals surface area contributed by atoms with Gasteiger partial charge in [0, 0.05) is 38.6 Å². The molecule has 0 bridgehead atoms. The van der Waals surface area contributed by atoms with Gasteiger partial charge >= 0.3 is 0 Å². The van der Waals surface area contributed by atoms with Gasteiger partial charge in [-0.1, -0.05) is 24.3 Å². The smallest absolute Gasteiger partial charge is 0.222 e. The van der Waals surface area contributed by atoms with Crippen LogP contribution in [-0.4, -0.2) is 59.1 Å². The van der Waals surface area contributed by atoms with Gasteiger partial charge in [-0.15, -0.1) is 0 Å². The number of hydrogen-bond donors (Lipinski definition) is 1. The Morgan fingerprint density at radius 1 is 1.17 bits per heavy atom. The van der Waals surface area contributed by atoms with Crippen LogP contribution >= 0.6 is 0 Å². The lowest BCUT2D eigenvalue weighted by molar-refractivity contribution is -0.133. The molecule has 2 atom stereocenters. The Labute approximate surface area is 139 Å². The highest BCUT2D eigenvalue weighted by molar-refractivity contribution is 5.76. The van der Waals surface area contributed by atoms with Crippen LogP contribution in [0, 0.1) is 6.92 Å². The molecule has 4 nitrogen and oxygen atoms in total. The third kappa shape index (κ3) is 3.93. The van der Waals surface area contributed by atoms with Crippen molar-refractivity contribution in [1.29, 1.82) is 0 Å². The van der Waals surface area contributed by atoms with Gasteiger partial charge in [-0.2, -0.15) is 0 Å². The molecule has 2 aliphatic rings. The van der Waals surface area contributed by atoms with Crippen LogP contribution in [0.5, 0.6) is 0 Å². The molecule has 1 saturated carbocycles. The minimum atomic E-state index is -0.168. The number of benzene rings is 1. The first-order valence-electron chi connectivity index (χ1n) is 8.89. The van der Waals surface area contributed by atoms with Crippen LogP contribution in [-0.2, 0) is 11.2 Å². The zero-order valence-corrected chi connectivity index (χ0v) is 14.1. The molecule has 1 aliphatic heterocycles. The van der Waals surface area contributed by atoms with Crippen molar-refractivity contribution in [3.63, 3.8) is 0 Å². The van der Waals surface area contributed by atoms with Crippen LogP contribution in [0.15, 0.2) is 24.3 Å². The quantitative estimate of drug-likeness (QED) is 0.924. The summed E-state index contributed by atoms with van der Waals surface area (Å²) < 4.78 is 0. The second kappa shape index (κ2) is 7.45. The molecule has 0 aromatic heterocycles. The van der Waals surface area contributed by atoms with Gasteiger partial charge in [-0.25, -0.2) is 0 Å². The average molecular weight is 316 g/mol. The van der Waals surface area contributed by atoms with Gasteiger partial charge in [0.1, 0.15) is 0 Å². The summed E-state index contributed by atoms with van der Waals surface area (Å²) in [6.07, 6.45) is 4.41. The lowest BCUT2D eigenvalue weighted by atomic mass is 10.0. The first-order chi connectivity index (χ1) is 11.1. The maximum Gasteiger partial charge on any atom is 0.222 e. The number of rotatable bonds is 4. The van der Waals surface area contributed by atoms with Gasteiger partial charge in [-0.05, 0) is 43.7 Å². The summed E-state index contributed by atoms with van der Waals surface area (Å²) in [6, 6.07) is 8.61. The highest BCUT2D eigenvalue weighted by Crippen LogP contribution is 2.25. The molecule has 0 spiro atoms. The van der Waals surface area contributed by atoms with Gasteiger partial charge in [0.05, 0.1) is 6.10 Å². The van der Waals surface area contributed by atoms with E-state index in [2.05, 4.69) is 24.0 Å². The number of hydrogen-bond acceptors (Lipinski definition) is 3. The number of aliphatic hydroxyl groups excluding tert-OH is 1. The van der Waals surface area contributed by atoms with E-state index in [0.717, 1.165) is 51.9 Å². The zero-order valence-electron chi connectivity index (χ0n) is 14.1. The number of piperazine rings is 1. The Kier molecular flexibility index (Phi) is 5.34. The van der Waals surface area contributed by atoms with Crippen molar-refractivity contribution in [3.8, 4) is 0 Å². The molecule has 1 aromatic carbocycles. The normalized spacial score (nSPS) is 25.7. The number of carbonyl (C=O) groups is 1. The SMILES string of the molecule is Cc1ccccc1CCC(=O)N1CCN([C@@H]2CCC[C@@H]2O)CC1. The zero-order chi connectivity index (χ0) is 16.2. The Hall–Kier alpha value is -1.39. The molecule has 126 valence electrons. The van der Waals surface area contributed by atoms with Crippen molar-refractivity contribution in [2.45, 2.75) is 51.2 Å². The number of aryl methyl sites for hydroxylation is 2. The molecular weight excluding hydrogens is 288 g/mol. The van der Waals surface area contributed by atoms with Crippen LogP contribution in [0.3, 0.4) is 0 Å². The predicted octanol–water partition coefficient (Wildman–Crippen LogP) is 1.99. The number of carbonyl (C=O) groups excluding carboxylic acids is 1. The summed E-state index contributed by atoms with van der Waals surface area (Å²) in [6.45, 7) is 5.51. The molecule has 1 aliphatic carbocycles. The fraction of sp³-hybridized carbons (Fsp3) is 0.632. The van der Waals surface area contributed by atoms with Crippen LogP contribution in [0.25, 0.3) is 0 Å². The summed E-state index contributed by atoms with van der Waals surface area (Å²) in [7, 11) is 0. The minimum absolute atomic E-state index is 0.168. The fourth-order valence-corrected chi connectivity index (χ4v) is 3.94. The van der Waals surface area contributed by atoms with Gasteiger partial charge < -0.3 is 10.0 Å². The molecule has 1 N–H and O–H groups in total. The van der Waals surface area contributed by atoms with Gasteiger partial charge in [0.15, 0.2) is 0 Å². The van der Waals surface area contributed by atoms with E-state index in [0.29, 0.717) is 12.5 Å². The third-order valence-corrected chi connectivity index (χ3v) is 5.45. The number of nitrogens with zero attached hydrogens (tertiary/aromatic N) is 2. The molecular formula is C19H28N2O2. The van der Waals surface area contributed by atoms with E-state index < -0.39 is 0 Å². The fourth-order valence-electron chi connectivity index (χ4n) is 3.94. The Bertz CT molecular complexity index is 538. The van der Waals surface area contributed by atoms with Crippen LogP contribution in [0.4, 0.5) is 0 Å². The molecule has 23 heavy (non-hydrogen) atoms. The average Bonchev–Trinajstić information content (AvgIpc) is 3.00. The Balaban J connectivity index is 1.46. The van der Waals surface area contributed by atoms with E-state index in [1.165, 1.54) is 11.1 Å². The van der Waals surface area contributed by atoms with Crippen molar-refractivity contribution < 1.29 is 9.90 Å². The largest absolute Gasteiger partial charge is 0.391 e. The molecule has 3 rings (SSSR count). The molecule has 1 heterocycles. The van der Waals surface area contributed by atoms with E-state index in [1.807, 2.05) is 17.0 Å². The third-order valence-electron chi connectivity index (χ3n) is 5.45. The molecule has 4 heteroatoms. The van der Waals surface area contributed by atoms with Crippen molar-refractivity contribution in [2.24, 2.45) is 0 Å².